The Hall–Kier alpha value is -2.50. The fourth-order valence-corrected chi connectivity index (χ4v) is 3.13. The van der Waals surface area contributed by atoms with E-state index in [0.29, 0.717) is 21.4 Å². The molecule has 3 rings (SSSR count). The molecule has 0 aliphatic heterocycles. The molecule has 1 atom stereocenters. The highest BCUT2D eigenvalue weighted by molar-refractivity contribution is 6.36. The van der Waals surface area contributed by atoms with Crippen molar-refractivity contribution in [3.05, 3.63) is 81.9 Å². The first-order chi connectivity index (χ1) is 12.5. The lowest BCUT2D eigenvalue weighted by molar-refractivity contribution is 0.0941. The van der Waals surface area contributed by atoms with Crippen LogP contribution in [0.5, 0.6) is 5.75 Å². The van der Waals surface area contributed by atoms with Crippen molar-refractivity contribution in [3.63, 3.8) is 0 Å². The molecule has 5 nitrogen and oxygen atoms in total. The summed E-state index contributed by atoms with van der Waals surface area (Å²) in [5.74, 6) is 1.13. The lowest BCUT2D eigenvalue weighted by Crippen LogP contribution is -2.31. The maximum Gasteiger partial charge on any atom is 0.253 e. The summed E-state index contributed by atoms with van der Waals surface area (Å²) in [5, 5.41) is 3.77. The number of carbonyl (C=O) groups is 1. The minimum absolute atomic E-state index is 0.295. The van der Waals surface area contributed by atoms with Gasteiger partial charge in [0.05, 0.1) is 17.7 Å². The summed E-state index contributed by atoms with van der Waals surface area (Å²) in [6.45, 7) is 0. The first-order valence-electron chi connectivity index (χ1n) is 7.86. The van der Waals surface area contributed by atoms with Gasteiger partial charge in [0, 0.05) is 24.5 Å². The summed E-state index contributed by atoms with van der Waals surface area (Å²) in [6.07, 6.45) is 3.51. The predicted octanol–water partition coefficient (Wildman–Crippen LogP) is 4.25. The van der Waals surface area contributed by atoms with Gasteiger partial charge in [-0.15, -0.1) is 0 Å². The lowest BCUT2D eigenvalue weighted by atomic mass is 10.0. The van der Waals surface area contributed by atoms with Crippen molar-refractivity contribution in [2.75, 3.05) is 7.11 Å². The van der Waals surface area contributed by atoms with Gasteiger partial charge in [0.25, 0.3) is 5.91 Å². The Labute approximate surface area is 161 Å². The third-order valence-corrected chi connectivity index (χ3v) is 4.56. The number of amides is 1. The number of aromatic nitrogens is 2. The van der Waals surface area contributed by atoms with Crippen molar-refractivity contribution >= 4 is 29.1 Å². The monoisotopic (exact) mass is 389 g/mol. The number of carbonyl (C=O) groups excluding carboxylic acids is 1. The molecule has 134 valence electrons. The van der Waals surface area contributed by atoms with Crippen LogP contribution in [-0.2, 0) is 7.05 Å². The van der Waals surface area contributed by atoms with Crippen LogP contribution in [0, 0.1) is 0 Å². The number of ether oxygens (including phenoxy) is 1. The highest BCUT2D eigenvalue weighted by atomic mass is 35.5. The molecule has 1 heterocycles. The van der Waals surface area contributed by atoms with E-state index in [0.717, 1.165) is 11.3 Å². The number of hydrogen-bond acceptors (Lipinski definition) is 3. The van der Waals surface area contributed by atoms with E-state index in [4.69, 9.17) is 27.9 Å². The normalized spacial score (nSPS) is 11.8. The first-order valence-corrected chi connectivity index (χ1v) is 8.62. The van der Waals surface area contributed by atoms with E-state index in [1.165, 1.54) is 0 Å². The number of halogens is 2. The first kappa shape index (κ1) is 18.3. The molecule has 1 N–H and O–H groups in total. The van der Waals surface area contributed by atoms with E-state index in [-0.39, 0.29) is 5.91 Å². The van der Waals surface area contributed by atoms with Crippen LogP contribution in [0.2, 0.25) is 10.0 Å². The molecule has 3 aromatic rings. The smallest absolute Gasteiger partial charge is 0.253 e. The minimum atomic E-state index is -0.444. The van der Waals surface area contributed by atoms with Crippen molar-refractivity contribution in [2.45, 2.75) is 6.04 Å². The Kier molecular flexibility index (Phi) is 5.49. The Morgan fingerprint density at radius 1 is 1.19 bits per heavy atom. The molecule has 0 fully saturated rings. The van der Waals surface area contributed by atoms with Crippen molar-refractivity contribution in [1.29, 1.82) is 0 Å². The van der Waals surface area contributed by atoms with Crippen LogP contribution in [0.1, 0.15) is 27.8 Å². The fourth-order valence-electron chi connectivity index (χ4n) is 2.63. The second kappa shape index (κ2) is 7.81. The summed E-state index contributed by atoms with van der Waals surface area (Å²) in [4.78, 5) is 17.2. The van der Waals surface area contributed by atoms with Gasteiger partial charge in [0.15, 0.2) is 0 Å². The second-order valence-corrected chi connectivity index (χ2v) is 6.54. The third kappa shape index (κ3) is 3.84. The highest BCUT2D eigenvalue weighted by Crippen LogP contribution is 2.25. The molecule has 0 aliphatic carbocycles. The molecule has 0 saturated heterocycles. The molecule has 0 bridgehead atoms. The second-order valence-electron chi connectivity index (χ2n) is 5.70. The standard InChI is InChI=1S/C19H17Cl2N3O2/c1-24-10-9-22-18(24)17(12-3-6-14(26-2)7-4-12)23-19(25)15-8-5-13(20)11-16(15)21/h3-11,17H,1-2H3,(H,23,25). The van der Waals surface area contributed by atoms with Gasteiger partial charge in [-0.05, 0) is 35.9 Å². The largest absolute Gasteiger partial charge is 0.497 e. The Bertz CT molecular complexity index is 923. The molecule has 0 radical (unpaired) electrons. The van der Waals surface area contributed by atoms with Crippen LogP contribution in [-0.4, -0.2) is 22.6 Å². The van der Waals surface area contributed by atoms with Crippen LogP contribution in [0.15, 0.2) is 54.9 Å². The van der Waals surface area contributed by atoms with Gasteiger partial charge >= 0.3 is 0 Å². The SMILES string of the molecule is COc1ccc(C(NC(=O)c2ccc(Cl)cc2Cl)c2nccn2C)cc1. The van der Waals surface area contributed by atoms with Crippen LogP contribution in [0.25, 0.3) is 0 Å². The molecule has 0 spiro atoms. The summed E-state index contributed by atoms with van der Waals surface area (Å²) >= 11 is 12.1. The van der Waals surface area contributed by atoms with Crippen molar-refractivity contribution < 1.29 is 9.53 Å². The van der Waals surface area contributed by atoms with Gasteiger partial charge in [-0.25, -0.2) is 4.98 Å². The average molecular weight is 390 g/mol. The van der Waals surface area contributed by atoms with Crippen molar-refractivity contribution in [1.82, 2.24) is 14.9 Å². The van der Waals surface area contributed by atoms with E-state index >= 15 is 0 Å². The zero-order valence-electron chi connectivity index (χ0n) is 14.2. The zero-order valence-corrected chi connectivity index (χ0v) is 15.8. The van der Waals surface area contributed by atoms with Crippen LogP contribution in [0.3, 0.4) is 0 Å². The summed E-state index contributed by atoms with van der Waals surface area (Å²) in [6, 6.07) is 11.8. The molecule has 1 amide bonds. The van der Waals surface area contributed by atoms with Gasteiger partial charge in [-0.2, -0.15) is 0 Å². The molecule has 2 aromatic carbocycles. The summed E-state index contributed by atoms with van der Waals surface area (Å²) in [5.41, 5.74) is 1.22. The topological polar surface area (TPSA) is 56.1 Å². The number of nitrogens with zero attached hydrogens (tertiary/aromatic N) is 2. The van der Waals surface area contributed by atoms with E-state index in [9.17, 15) is 4.79 Å². The Morgan fingerprint density at radius 2 is 1.92 bits per heavy atom. The van der Waals surface area contributed by atoms with Crippen LogP contribution < -0.4 is 10.1 Å². The predicted molar refractivity (Wildman–Crippen MR) is 102 cm³/mol. The van der Waals surface area contributed by atoms with Crippen LogP contribution in [0.4, 0.5) is 0 Å². The summed E-state index contributed by atoms with van der Waals surface area (Å²) < 4.78 is 7.06. The molecule has 1 unspecified atom stereocenters. The van der Waals surface area contributed by atoms with E-state index in [2.05, 4.69) is 10.3 Å². The van der Waals surface area contributed by atoms with Gasteiger partial charge in [-0.1, -0.05) is 35.3 Å². The van der Waals surface area contributed by atoms with E-state index in [1.807, 2.05) is 42.1 Å². The van der Waals surface area contributed by atoms with Crippen LogP contribution >= 0.6 is 23.2 Å². The van der Waals surface area contributed by atoms with Crippen molar-refractivity contribution in [3.8, 4) is 5.75 Å². The number of methoxy groups -OCH3 is 1. The third-order valence-electron chi connectivity index (χ3n) is 4.02. The fraction of sp³-hybridized carbons (Fsp3) is 0.158. The zero-order chi connectivity index (χ0) is 18.7. The van der Waals surface area contributed by atoms with Gasteiger partial charge < -0.3 is 14.6 Å². The molecule has 26 heavy (non-hydrogen) atoms. The minimum Gasteiger partial charge on any atom is -0.497 e. The molecular weight excluding hydrogens is 373 g/mol. The number of aryl methyl sites for hydroxylation is 1. The molecular formula is C19H17Cl2N3O2. The molecule has 1 aromatic heterocycles. The maximum absolute atomic E-state index is 12.8. The van der Waals surface area contributed by atoms with E-state index in [1.54, 1.807) is 31.5 Å². The van der Waals surface area contributed by atoms with Gasteiger partial charge in [0.2, 0.25) is 0 Å². The number of imidazole rings is 1. The van der Waals surface area contributed by atoms with E-state index < -0.39 is 6.04 Å². The number of hydrogen-bond donors (Lipinski definition) is 1. The molecule has 0 saturated carbocycles. The average Bonchev–Trinajstić information content (AvgIpc) is 3.05. The molecule has 7 heteroatoms. The lowest BCUT2D eigenvalue weighted by Gasteiger charge is -2.20. The Balaban J connectivity index is 1.95. The van der Waals surface area contributed by atoms with Crippen molar-refractivity contribution in [2.24, 2.45) is 7.05 Å². The quantitative estimate of drug-likeness (QED) is 0.709. The highest BCUT2D eigenvalue weighted by Gasteiger charge is 2.22. The summed E-state index contributed by atoms with van der Waals surface area (Å²) in [7, 11) is 3.48. The Morgan fingerprint density at radius 3 is 2.50 bits per heavy atom. The number of rotatable bonds is 5. The number of nitrogens with one attached hydrogen (secondary N) is 1. The number of benzene rings is 2. The molecule has 0 aliphatic rings. The van der Waals surface area contributed by atoms with Gasteiger partial charge in [0.1, 0.15) is 17.6 Å². The maximum atomic E-state index is 12.8. The van der Waals surface area contributed by atoms with Gasteiger partial charge in [-0.3, -0.25) is 4.79 Å².